The number of para-hydroxylation sites is 2. The number of benzene rings is 1. The maximum Gasteiger partial charge on any atom is 0.298 e. The molecule has 2 saturated heterocycles. The van der Waals surface area contributed by atoms with E-state index < -0.39 is 0 Å². The maximum atomic E-state index is 12.6. The number of nitrogens with zero attached hydrogens (tertiary/aromatic N) is 4. The Kier molecular flexibility index (Phi) is 5.40. The number of rotatable bonds is 5. The molecule has 0 aliphatic carbocycles. The van der Waals surface area contributed by atoms with Crippen molar-refractivity contribution < 1.29 is 13.7 Å². The van der Waals surface area contributed by atoms with Gasteiger partial charge in [-0.25, -0.2) is 0 Å². The molecule has 1 N–H and O–H groups in total. The molecule has 30 heavy (non-hydrogen) atoms. The van der Waals surface area contributed by atoms with Crippen LogP contribution < -0.4 is 10.2 Å². The van der Waals surface area contributed by atoms with Crippen molar-refractivity contribution in [1.29, 1.82) is 0 Å². The first kappa shape index (κ1) is 19.1. The van der Waals surface area contributed by atoms with E-state index in [0.717, 1.165) is 74.7 Å². The minimum Gasteiger partial charge on any atom is -0.423 e. The molecule has 0 radical (unpaired) electrons. The number of likely N-dealkylation sites (tertiary alicyclic amines) is 1. The van der Waals surface area contributed by atoms with Crippen molar-refractivity contribution in [1.82, 2.24) is 20.4 Å². The summed E-state index contributed by atoms with van der Waals surface area (Å²) in [6.07, 6.45) is 5.66. The Morgan fingerprint density at radius 1 is 1.13 bits per heavy atom. The van der Waals surface area contributed by atoms with E-state index in [9.17, 15) is 4.79 Å². The molecule has 158 valence electrons. The second-order valence-corrected chi connectivity index (χ2v) is 8.23. The van der Waals surface area contributed by atoms with E-state index in [1.165, 1.54) is 6.26 Å². The summed E-state index contributed by atoms with van der Waals surface area (Å²) in [7, 11) is 0. The molecular weight excluding hydrogens is 382 g/mol. The molecular formula is C22H27N5O3. The van der Waals surface area contributed by atoms with Gasteiger partial charge in [-0.05, 0) is 44.4 Å². The van der Waals surface area contributed by atoms with Crippen LogP contribution in [0.1, 0.15) is 31.4 Å². The number of hydrogen-bond donors (Lipinski definition) is 1. The summed E-state index contributed by atoms with van der Waals surface area (Å²) in [6, 6.07) is 10.9. The Labute approximate surface area is 175 Å². The lowest BCUT2D eigenvalue weighted by atomic mass is 9.93. The summed E-state index contributed by atoms with van der Waals surface area (Å²) in [4.78, 5) is 22.0. The van der Waals surface area contributed by atoms with E-state index >= 15 is 0 Å². The Morgan fingerprint density at radius 2 is 2.00 bits per heavy atom. The fraction of sp³-hybridized carbons (Fsp3) is 0.500. The van der Waals surface area contributed by atoms with E-state index in [4.69, 9.17) is 8.94 Å². The summed E-state index contributed by atoms with van der Waals surface area (Å²) in [5.41, 5.74) is 2.50. The van der Waals surface area contributed by atoms with Gasteiger partial charge in [0.05, 0.1) is 12.5 Å². The number of piperidine rings is 2. The molecule has 1 atom stereocenters. The van der Waals surface area contributed by atoms with Crippen molar-refractivity contribution >= 4 is 23.0 Å². The Hall–Kier alpha value is -2.87. The monoisotopic (exact) mass is 409 g/mol. The van der Waals surface area contributed by atoms with E-state index in [1.54, 1.807) is 6.07 Å². The van der Waals surface area contributed by atoms with E-state index in [0.29, 0.717) is 12.6 Å². The van der Waals surface area contributed by atoms with Crippen molar-refractivity contribution in [3.8, 4) is 0 Å². The molecule has 1 amide bonds. The molecule has 2 fully saturated rings. The van der Waals surface area contributed by atoms with Crippen LogP contribution in [0.2, 0.25) is 0 Å². The molecule has 0 bridgehead atoms. The van der Waals surface area contributed by atoms with Gasteiger partial charge < -0.3 is 19.2 Å². The number of fused-ring (bicyclic) bond motifs is 1. The van der Waals surface area contributed by atoms with Gasteiger partial charge in [0.2, 0.25) is 5.91 Å². The fourth-order valence-corrected chi connectivity index (χ4v) is 4.62. The molecule has 8 nitrogen and oxygen atoms in total. The molecule has 2 aromatic heterocycles. The lowest BCUT2D eigenvalue weighted by Gasteiger charge is -2.41. The summed E-state index contributed by atoms with van der Waals surface area (Å²) in [6.45, 7) is 4.18. The number of hydrogen-bond acceptors (Lipinski definition) is 7. The zero-order valence-electron chi connectivity index (χ0n) is 17.0. The van der Waals surface area contributed by atoms with Crippen LogP contribution in [0.4, 0.5) is 6.01 Å². The Morgan fingerprint density at radius 3 is 2.80 bits per heavy atom. The predicted octanol–water partition coefficient (Wildman–Crippen LogP) is 2.81. The van der Waals surface area contributed by atoms with E-state index in [2.05, 4.69) is 25.3 Å². The Bertz CT molecular complexity index is 945. The molecule has 0 saturated carbocycles. The second-order valence-electron chi connectivity index (χ2n) is 8.23. The van der Waals surface area contributed by atoms with Crippen LogP contribution in [0.5, 0.6) is 0 Å². The van der Waals surface area contributed by atoms with Gasteiger partial charge >= 0.3 is 0 Å². The first-order valence-corrected chi connectivity index (χ1v) is 10.8. The van der Waals surface area contributed by atoms with Gasteiger partial charge in [0.1, 0.15) is 17.5 Å². The summed E-state index contributed by atoms with van der Waals surface area (Å²) in [5.74, 6) is 0.160. The molecule has 2 aliphatic heterocycles. The van der Waals surface area contributed by atoms with Gasteiger partial charge in [0.25, 0.3) is 6.01 Å². The predicted molar refractivity (Wildman–Crippen MR) is 112 cm³/mol. The minimum atomic E-state index is 0.0423. The number of carbonyl (C=O) groups excluding carboxylic acids is 1. The summed E-state index contributed by atoms with van der Waals surface area (Å²) in [5, 5.41) is 6.85. The van der Waals surface area contributed by atoms with Crippen molar-refractivity contribution in [2.45, 2.75) is 38.3 Å². The smallest absolute Gasteiger partial charge is 0.298 e. The quantitative estimate of drug-likeness (QED) is 0.693. The zero-order chi connectivity index (χ0) is 20.3. The van der Waals surface area contributed by atoms with Gasteiger partial charge in [0, 0.05) is 31.7 Å². The van der Waals surface area contributed by atoms with Gasteiger partial charge in [-0.3, -0.25) is 9.69 Å². The topological polar surface area (TPSA) is 87.6 Å². The summed E-state index contributed by atoms with van der Waals surface area (Å²) < 4.78 is 10.8. The van der Waals surface area contributed by atoms with Crippen LogP contribution in [0.25, 0.3) is 11.1 Å². The number of nitrogens with one attached hydrogen (secondary N) is 1. The highest BCUT2D eigenvalue weighted by Gasteiger charge is 2.32. The van der Waals surface area contributed by atoms with Crippen LogP contribution in [0.15, 0.2) is 45.5 Å². The molecule has 5 rings (SSSR count). The molecule has 0 unspecified atom stereocenters. The van der Waals surface area contributed by atoms with Gasteiger partial charge in [0.15, 0.2) is 5.58 Å². The van der Waals surface area contributed by atoms with Crippen LogP contribution in [-0.4, -0.2) is 53.2 Å². The van der Waals surface area contributed by atoms with Crippen LogP contribution in [0.3, 0.4) is 0 Å². The SMILES string of the molecule is O=C(NCc1ccon1)[C@H]1CCCN(C2CCN(c3nc4ccccc4o3)CC2)C1. The molecule has 1 aromatic carbocycles. The third-order valence-corrected chi connectivity index (χ3v) is 6.29. The highest BCUT2D eigenvalue weighted by molar-refractivity contribution is 5.79. The highest BCUT2D eigenvalue weighted by Crippen LogP contribution is 2.28. The largest absolute Gasteiger partial charge is 0.423 e. The lowest BCUT2D eigenvalue weighted by molar-refractivity contribution is -0.127. The standard InChI is InChI=1S/C22H27N5O3/c28-21(23-14-17-9-13-29-25-17)16-4-3-10-27(15-16)18-7-11-26(12-8-18)22-24-19-5-1-2-6-20(19)30-22/h1-2,5-6,9,13,16,18H,3-4,7-8,10-12,14-15H2,(H,23,28)/t16-/m0/s1. The molecule has 8 heteroatoms. The minimum absolute atomic E-state index is 0.0423. The maximum absolute atomic E-state index is 12.6. The van der Waals surface area contributed by atoms with Gasteiger partial charge in [-0.2, -0.15) is 4.98 Å². The van der Waals surface area contributed by atoms with E-state index in [1.807, 2.05) is 24.3 Å². The zero-order valence-corrected chi connectivity index (χ0v) is 17.0. The van der Waals surface area contributed by atoms with Crippen molar-refractivity contribution in [3.63, 3.8) is 0 Å². The summed E-state index contributed by atoms with van der Waals surface area (Å²) >= 11 is 0. The van der Waals surface area contributed by atoms with Crippen LogP contribution in [0, 0.1) is 5.92 Å². The van der Waals surface area contributed by atoms with Crippen LogP contribution in [-0.2, 0) is 11.3 Å². The van der Waals surface area contributed by atoms with Crippen molar-refractivity contribution in [2.75, 3.05) is 31.1 Å². The second kappa shape index (κ2) is 8.47. The van der Waals surface area contributed by atoms with Gasteiger partial charge in [-0.15, -0.1) is 0 Å². The third-order valence-electron chi connectivity index (χ3n) is 6.29. The molecule has 0 spiro atoms. The molecule has 4 heterocycles. The first-order valence-electron chi connectivity index (χ1n) is 10.8. The van der Waals surface area contributed by atoms with Crippen molar-refractivity contribution in [3.05, 3.63) is 42.3 Å². The average molecular weight is 409 g/mol. The number of anilines is 1. The van der Waals surface area contributed by atoms with E-state index in [-0.39, 0.29) is 11.8 Å². The first-order chi connectivity index (χ1) is 14.8. The van der Waals surface area contributed by atoms with Crippen molar-refractivity contribution in [2.24, 2.45) is 5.92 Å². The van der Waals surface area contributed by atoms with Crippen LogP contribution >= 0.6 is 0 Å². The third kappa shape index (κ3) is 4.05. The van der Waals surface area contributed by atoms with Gasteiger partial charge in [-0.1, -0.05) is 17.3 Å². The fourth-order valence-electron chi connectivity index (χ4n) is 4.62. The Balaban J connectivity index is 1.14. The molecule has 3 aromatic rings. The number of carbonyl (C=O) groups is 1. The average Bonchev–Trinajstić information content (AvgIpc) is 3.47. The molecule has 2 aliphatic rings. The lowest BCUT2D eigenvalue weighted by Crippen LogP contribution is -2.50. The normalized spacial score (nSPS) is 21.2. The number of aromatic nitrogens is 2. The number of oxazole rings is 1. The highest BCUT2D eigenvalue weighted by atomic mass is 16.5. The number of amides is 1.